The number of halogens is 1. The topological polar surface area (TPSA) is 47.6 Å². The predicted octanol–water partition coefficient (Wildman–Crippen LogP) is 6.16. The van der Waals surface area contributed by atoms with Crippen molar-refractivity contribution in [1.29, 1.82) is 0 Å². The van der Waals surface area contributed by atoms with Crippen molar-refractivity contribution in [3.63, 3.8) is 0 Å². The molecular formula is C26H28ClNO3. The van der Waals surface area contributed by atoms with E-state index in [4.69, 9.17) is 21.1 Å². The molecular weight excluding hydrogens is 410 g/mol. The zero-order valence-electron chi connectivity index (χ0n) is 18.4. The van der Waals surface area contributed by atoms with Gasteiger partial charge < -0.3 is 14.8 Å². The summed E-state index contributed by atoms with van der Waals surface area (Å²) in [5.41, 5.74) is 3.44. The van der Waals surface area contributed by atoms with Crippen LogP contribution in [0.5, 0.6) is 11.5 Å². The Labute approximate surface area is 189 Å². The Morgan fingerprint density at radius 2 is 1.68 bits per heavy atom. The quantitative estimate of drug-likeness (QED) is 0.481. The summed E-state index contributed by atoms with van der Waals surface area (Å²) in [4.78, 5) is 12.7. The summed E-state index contributed by atoms with van der Waals surface area (Å²) in [7, 11) is 1.61. The number of nitrogens with one attached hydrogen (secondary N) is 1. The molecule has 0 heterocycles. The molecule has 0 atom stereocenters. The molecule has 31 heavy (non-hydrogen) atoms. The van der Waals surface area contributed by atoms with Gasteiger partial charge in [-0.25, -0.2) is 0 Å². The van der Waals surface area contributed by atoms with E-state index in [0.29, 0.717) is 29.5 Å². The highest BCUT2D eigenvalue weighted by molar-refractivity contribution is 6.30. The average molecular weight is 438 g/mol. The number of hydrogen-bond acceptors (Lipinski definition) is 3. The Hall–Kier alpha value is -2.98. The van der Waals surface area contributed by atoms with Crippen LogP contribution >= 0.6 is 11.6 Å². The van der Waals surface area contributed by atoms with Crippen LogP contribution in [0.25, 0.3) is 0 Å². The number of carbonyl (C=O) groups excluding carboxylic acids is 1. The van der Waals surface area contributed by atoms with Crippen molar-refractivity contribution >= 4 is 17.5 Å². The van der Waals surface area contributed by atoms with Gasteiger partial charge in [-0.1, -0.05) is 62.7 Å². The normalized spacial score (nSPS) is 11.1. The number of benzene rings is 3. The molecule has 5 heteroatoms. The van der Waals surface area contributed by atoms with Crippen LogP contribution in [0.4, 0.5) is 0 Å². The van der Waals surface area contributed by atoms with Gasteiger partial charge in [0.2, 0.25) is 0 Å². The summed E-state index contributed by atoms with van der Waals surface area (Å²) in [6.07, 6.45) is 0. The fraction of sp³-hybridized carbons (Fsp3) is 0.269. The van der Waals surface area contributed by atoms with Gasteiger partial charge >= 0.3 is 0 Å². The first-order valence-corrected chi connectivity index (χ1v) is 10.6. The molecule has 0 spiro atoms. The molecule has 0 aromatic heterocycles. The van der Waals surface area contributed by atoms with Crippen LogP contribution in [-0.4, -0.2) is 13.0 Å². The third kappa shape index (κ3) is 6.02. The molecule has 3 aromatic carbocycles. The lowest BCUT2D eigenvalue weighted by molar-refractivity contribution is 0.0950. The van der Waals surface area contributed by atoms with Gasteiger partial charge in [0.05, 0.1) is 7.11 Å². The van der Waals surface area contributed by atoms with E-state index < -0.39 is 0 Å². The zero-order valence-corrected chi connectivity index (χ0v) is 19.1. The monoisotopic (exact) mass is 437 g/mol. The first-order chi connectivity index (χ1) is 14.8. The number of methoxy groups -OCH3 is 1. The summed E-state index contributed by atoms with van der Waals surface area (Å²) in [6, 6.07) is 20.8. The van der Waals surface area contributed by atoms with E-state index in [9.17, 15) is 4.79 Å². The van der Waals surface area contributed by atoms with Crippen LogP contribution in [0.3, 0.4) is 0 Å². The van der Waals surface area contributed by atoms with Crippen LogP contribution in [0.15, 0.2) is 66.7 Å². The van der Waals surface area contributed by atoms with Gasteiger partial charge in [-0.15, -0.1) is 0 Å². The SMILES string of the molecule is COc1ccc(C(=O)NCc2ccc(Cl)cc2)cc1COc1ccccc1C(C)(C)C. The van der Waals surface area contributed by atoms with Crippen LogP contribution in [-0.2, 0) is 18.6 Å². The van der Waals surface area contributed by atoms with Gasteiger partial charge in [-0.2, -0.15) is 0 Å². The highest BCUT2D eigenvalue weighted by atomic mass is 35.5. The molecule has 3 aromatic rings. The summed E-state index contributed by atoms with van der Waals surface area (Å²) in [5.74, 6) is 1.35. The van der Waals surface area contributed by atoms with Crippen LogP contribution < -0.4 is 14.8 Å². The maximum Gasteiger partial charge on any atom is 0.251 e. The van der Waals surface area contributed by atoms with Crippen molar-refractivity contribution in [3.05, 3.63) is 94.0 Å². The lowest BCUT2D eigenvalue weighted by Crippen LogP contribution is -2.23. The van der Waals surface area contributed by atoms with Crippen molar-refractivity contribution in [2.24, 2.45) is 0 Å². The van der Waals surface area contributed by atoms with Crippen molar-refractivity contribution in [1.82, 2.24) is 5.32 Å². The highest BCUT2D eigenvalue weighted by Gasteiger charge is 2.19. The Morgan fingerprint density at radius 1 is 0.968 bits per heavy atom. The smallest absolute Gasteiger partial charge is 0.251 e. The maximum atomic E-state index is 12.7. The fourth-order valence-electron chi connectivity index (χ4n) is 3.29. The van der Waals surface area contributed by atoms with Crippen molar-refractivity contribution in [3.8, 4) is 11.5 Å². The molecule has 0 fully saturated rings. The molecule has 0 aliphatic heterocycles. The number of rotatable bonds is 7. The van der Waals surface area contributed by atoms with E-state index in [-0.39, 0.29) is 11.3 Å². The number of carbonyl (C=O) groups is 1. The third-order valence-electron chi connectivity index (χ3n) is 4.99. The van der Waals surface area contributed by atoms with Crippen molar-refractivity contribution < 1.29 is 14.3 Å². The fourth-order valence-corrected chi connectivity index (χ4v) is 3.41. The lowest BCUT2D eigenvalue weighted by atomic mass is 9.86. The zero-order chi connectivity index (χ0) is 22.4. The van der Waals surface area contributed by atoms with Gasteiger partial charge in [0.15, 0.2) is 0 Å². The van der Waals surface area contributed by atoms with E-state index in [2.05, 4.69) is 32.2 Å². The Kier molecular flexibility index (Phi) is 7.24. The number of para-hydroxylation sites is 1. The Bertz CT molecular complexity index is 1040. The summed E-state index contributed by atoms with van der Waals surface area (Å²) in [6.45, 7) is 7.19. The molecule has 4 nitrogen and oxygen atoms in total. The van der Waals surface area contributed by atoms with Crippen molar-refractivity contribution in [2.75, 3.05) is 7.11 Å². The summed E-state index contributed by atoms with van der Waals surface area (Å²) < 4.78 is 11.6. The number of hydrogen-bond donors (Lipinski definition) is 1. The van der Waals surface area contributed by atoms with Crippen LogP contribution in [0.1, 0.15) is 47.8 Å². The molecule has 1 N–H and O–H groups in total. The minimum Gasteiger partial charge on any atom is -0.496 e. The molecule has 0 aliphatic rings. The van der Waals surface area contributed by atoms with Gasteiger partial charge in [0.25, 0.3) is 5.91 Å². The van der Waals surface area contributed by atoms with Crippen molar-refractivity contribution in [2.45, 2.75) is 39.3 Å². The highest BCUT2D eigenvalue weighted by Crippen LogP contribution is 2.32. The van der Waals surface area contributed by atoms with Gasteiger partial charge in [-0.05, 0) is 52.9 Å². The number of ether oxygens (including phenoxy) is 2. The van der Waals surface area contributed by atoms with E-state index in [1.54, 1.807) is 31.4 Å². The largest absolute Gasteiger partial charge is 0.496 e. The van der Waals surface area contributed by atoms with Gasteiger partial charge in [0, 0.05) is 22.7 Å². The second kappa shape index (κ2) is 9.88. The molecule has 3 rings (SSSR count). The third-order valence-corrected chi connectivity index (χ3v) is 5.24. The van der Waals surface area contributed by atoms with Crippen LogP contribution in [0, 0.1) is 0 Å². The van der Waals surface area contributed by atoms with Gasteiger partial charge in [-0.3, -0.25) is 4.79 Å². The number of amides is 1. The van der Waals surface area contributed by atoms with Gasteiger partial charge in [0.1, 0.15) is 18.1 Å². The summed E-state index contributed by atoms with van der Waals surface area (Å²) in [5, 5.41) is 3.61. The van der Waals surface area contributed by atoms with E-state index in [1.165, 1.54) is 0 Å². The molecule has 0 radical (unpaired) electrons. The predicted molar refractivity (Wildman–Crippen MR) is 125 cm³/mol. The first kappa shape index (κ1) is 22.7. The van der Waals surface area contributed by atoms with E-state index >= 15 is 0 Å². The molecule has 0 aliphatic carbocycles. The minimum absolute atomic E-state index is 0.0376. The summed E-state index contributed by atoms with van der Waals surface area (Å²) >= 11 is 5.91. The molecule has 1 amide bonds. The second-order valence-electron chi connectivity index (χ2n) is 8.37. The first-order valence-electron chi connectivity index (χ1n) is 10.2. The second-order valence-corrected chi connectivity index (χ2v) is 8.81. The average Bonchev–Trinajstić information content (AvgIpc) is 2.76. The lowest BCUT2D eigenvalue weighted by Gasteiger charge is -2.23. The molecule has 162 valence electrons. The van der Waals surface area contributed by atoms with Crippen LogP contribution in [0.2, 0.25) is 5.02 Å². The Morgan fingerprint density at radius 3 is 2.35 bits per heavy atom. The Balaban J connectivity index is 1.73. The van der Waals surface area contributed by atoms with E-state index in [0.717, 1.165) is 22.4 Å². The minimum atomic E-state index is -0.158. The molecule has 0 saturated heterocycles. The van der Waals surface area contributed by atoms with E-state index in [1.807, 2.05) is 36.4 Å². The molecule has 0 bridgehead atoms. The standard InChI is InChI=1S/C26H28ClNO3/c1-26(2,3)22-7-5-6-8-24(22)31-17-20-15-19(11-14-23(20)30-4)25(29)28-16-18-9-12-21(27)13-10-18/h5-15H,16-17H2,1-4H3,(H,28,29). The maximum absolute atomic E-state index is 12.7. The molecule has 0 unspecified atom stereocenters. The molecule has 0 saturated carbocycles.